The number of nitrogens with zero attached hydrogens (tertiary/aromatic N) is 5. The Bertz CT molecular complexity index is 1150. The summed E-state index contributed by atoms with van der Waals surface area (Å²) in [4.78, 5) is 8.77. The summed E-state index contributed by atoms with van der Waals surface area (Å²) in [6.45, 7) is 2.48. The number of hydrogen-bond acceptors (Lipinski definition) is 6. The van der Waals surface area contributed by atoms with Crippen LogP contribution in [0.1, 0.15) is 18.9 Å². The Balaban J connectivity index is 1.54. The average molecular weight is 384 g/mol. The molecule has 29 heavy (non-hydrogen) atoms. The number of benzene rings is 2. The van der Waals surface area contributed by atoms with Crippen molar-refractivity contribution in [1.82, 2.24) is 19.7 Å². The zero-order chi connectivity index (χ0) is 20.1. The van der Waals surface area contributed by atoms with Crippen LogP contribution in [0.3, 0.4) is 0 Å². The van der Waals surface area contributed by atoms with Crippen LogP contribution in [-0.2, 0) is 6.54 Å². The van der Waals surface area contributed by atoms with Crippen LogP contribution in [0, 0.1) is 11.3 Å². The fourth-order valence-electron chi connectivity index (χ4n) is 3.02. The summed E-state index contributed by atoms with van der Waals surface area (Å²) in [6.07, 6.45) is 3.50. The van der Waals surface area contributed by atoms with E-state index >= 15 is 0 Å². The van der Waals surface area contributed by atoms with Gasteiger partial charge in [-0.05, 0) is 36.2 Å². The lowest BCUT2D eigenvalue weighted by Gasteiger charge is -2.12. The lowest BCUT2D eigenvalue weighted by Crippen LogP contribution is -2.12. The van der Waals surface area contributed by atoms with Gasteiger partial charge in [0.2, 0.25) is 0 Å². The highest BCUT2D eigenvalue weighted by molar-refractivity contribution is 5.87. The van der Waals surface area contributed by atoms with Crippen molar-refractivity contribution >= 4 is 16.9 Å². The van der Waals surface area contributed by atoms with E-state index in [2.05, 4.69) is 26.5 Å². The van der Waals surface area contributed by atoms with Crippen LogP contribution in [0.4, 0.5) is 5.82 Å². The quantitative estimate of drug-likeness (QED) is 0.516. The SMILES string of the molecule is CCC(C#N)Oc1cccc(CNc2ncnc3c2cnn3-c2ccccc2)c1. The minimum atomic E-state index is -0.441. The maximum absolute atomic E-state index is 9.08. The van der Waals surface area contributed by atoms with Gasteiger partial charge in [0.1, 0.15) is 24.0 Å². The van der Waals surface area contributed by atoms with E-state index in [4.69, 9.17) is 10.00 Å². The Kier molecular flexibility index (Phi) is 5.34. The van der Waals surface area contributed by atoms with Gasteiger partial charge in [0.15, 0.2) is 11.8 Å². The number of anilines is 1. The molecule has 0 aliphatic rings. The van der Waals surface area contributed by atoms with Crippen LogP contribution in [-0.4, -0.2) is 25.9 Å². The van der Waals surface area contributed by atoms with E-state index in [0.29, 0.717) is 24.5 Å². The van der Waals surface area contributed by atoms with Crippen LogP contribution < -0.4 is 10.1 Å². The number of hydrogen-bond donors (Lipinski definition) is 1. The second-order valence-electron chi connectivity index (χ2n) is 6.50. The number of aromatic nitrogens is 4. The third kappa shape index (κ3) is 4.01. The highest BCUT2D eigenvalue weighted by atomic mass is 16.5. The molecule has 4 rings (SSSR count). The predicted octanol–water partition coefficient (Wildman–Crippen LogP) is 4.11. The summed E-state index contributed by atoms with van der Waals surface area (Å²) in [6, 6.07) is 19.7. The summed E-state index contributed by atoms with van der Waals surface area (Å²) < 4.78 is 7.50. The normalized spacial score (nSPS) is 11.7. The molecule has 2 heterocycles. The molecule has 1 unspecified atom stereocenters. The van der Waals surface area contributed by atoms with Crippen molar-refractivity contribution in [3.63, 3.8) is 0 Å². The van der Waals surface area contributed by atoms with Crippen LogP contribution in [0.5, 0.6) is 5.75 Å². The highest BCUT2D eigenvalue weighted by Gasteiger charge is 2.11. The van der Waals surface area contributed by atoms with Gasteiger partial charge >= 0.3 is 0 Å². The molecule has 7 heteroatoms. The molecule has 0 aliphatic carbocycles. The molecular formula is C22H20N6O. The fourth-order valence-corrected chi connectivity index (χ4v) is 3.02. The first kappa shape index (κ1) is 18.4. The molecule has 4 aromatic rings. The molecular weight excluding hydrogens is 364 g/mol. The van der Waals surface area contributed by atoms with E-state index in [0.717, 1.165) is 22.3 Å². The van der Waals surface area contributed by atoms with Crippen molar-refractivity contribution in [3.05, 3.63) is 72.7 Å². The molecule has 0 spiro atoms. The maximum Gasteiger partial charge on any atom is 0.184 e. The molecule has 0 saturated heterocycles. The number of nitrogens with one attached hydrogen (secondary N) is 1. The van der Waals surface area contributed by atoms with E-state index in [9.17, 15) is 0 Å². The van der Waals surface area contributed by atoms with Crippen LogP contribution in [0.25, 0.3) is 16.7 Å². The fraction of sp³-hybridized carbons (Fsp3) is 0.182. The van der Waals surface area contributed by atoms with Crippen molar-refractivity contribution in [2.24, 2.45) is 0 Å². The maximum atomic E-state index is 9.08. The molecule has 0 bridgehead atoms. The van der Waals surface area contributed by atoms with E-state index in [1.54, 1.807) is 10.9 Å². The van der Waals surface area contributed by atoms with Gasteiger partial charge < -0.3 is 10.1 Å². The minimum Gasteiger partial charge on any atom is -0.476 e. The lowest BCUT2D eigenvalue weighted by atomic mass is 10.2. The Morgan fingerprint density at radius 3 is 2.79 bits per heavy atom. The van der Waals surface area contributed by atoms with Crippen LogP contribution in [0.2, 0.25) is 0 Å². The van der Waals surface area contributed by atoms with Gasteiger partial charge in [-0.3, -0.25) is 0 Å². The molecule has 0 radical (unpaired) electrons. The summed E-state index contributed by atoms with van der Waals surface area (Å²) in [5, 5.41) is 17.8. The van der Waals surface area contributed by atoms with Gasteiger partial charge in [-0.2, -0.15) is 10.4 Å². The van der Waals surface area contributed by atoms with Crippen molar-refractivity contribution in [1.29, 1.82) is 5.26 Å². The molecule has 2 aromatic heterocycles. The third-order valence-electron chi connectivity index (χ3n) is 4.52. The van der Waals surface area contributed by atoms with Gasteiger partial charge in [-0.1, -0.05) is 37.3 Å². The Morgan fingerprint density at radius 2 is 2.00 bits per heavy atom. The first-order chi connectivity index (χ1) is 14.3. The summed E-state index contributed by atoms with van der Waals surface area (Å²) in [5.74, 6) is 1.40. The molecule has 0 amide bonds. The van der Waals surface area contributed by atoms with Gasteiger partial charge in [0.05, 0.1) is 17.3 Å². The summed E-state index contributed by atoms with van der Waals surface area (Å²) >= 11 is 0. The second-order valence-corrected chi connectivity index (χ2v) is 6.50. The molecule has 0 fully saturated rings. The Hall–Kier alpha value is -3.92. The van der Waals surface area contributed by atoms with Crippen molar-refractivity contribution in [2.75, 3.05) is 5.32 Å². The van der Waals surface area contributed by atoms with Crippen LogP contribution >= 0.6 is 0 Å². The van der Waals surface area contributed by atoms with E-state index < -0.39 is 6.10 Å². The first-order valence-corrected chi connectivity index (χ1v) is 9.41. The van der Waals surface area contributed by atoms with E-state index in [1.807, 2.05) is 61.5 Å². The monoisotopic (exact) mass is 384 g/mol. The molecule has 0 saturated carbocycles. The zero-order valence-corrected chi connectivity index (χ0v) is 16.0. The largest absolute Gasteiger partial charge is 0.476 e. The second kappa shape index (κ2) is 8.40. The number of rotatable bonds is 7. The summed E-state index contributed by atoms with van der Waals surface area (Å²) in [7, 11) is 0. The number of ether oxygens (including phenoxy) is 1. The minimum absolute atomic E-state index is 0.441. The molecule has 1 atom stereocenters. The van der Waals surface area contributed by atoms with Crippen LogP contribution in [0.15, 0.2) is 67.1 Å². The van der Waals surface area contributed by atoms with E-state index in [1.165, 1.54) is 6.33 Å². The molecule has 2 aromatic carbocycles. The Labute approximate surface area is 168 Å². The molecule has 144 valence electrons. The lowest BCUT2D eigenvalue weighted by molar-refractivity contribution is 0.251. The molecule has 7 nitrogen and oxygen atoms in total. The van der Waals surface area contributed by atoms with Gasteiger partial charge in [0.25, 0.3) is 0 Å². The van der Waals surface area contributed by atoms with Gasteiger partial charge in [0, 0.05) is 6.54 Å². The van der Waals surface area contributed by atoms with Crippen molar-refractivity contribution in [2.45, 2.75) is 26.0 Å². The smallest absolute Gasteiger partial charge is 0.184 e. The molecule has 0 aliphatic heterocycles. The molecule has 1 N–H and O–H groups in total. The highest BCUT2D eigenvalue weighted by Crippen LogP contribution is 2.23. The van der Waals surface area contributed by atoms with Crippen molar-refractivity contribution in [3.8, 4) is 17.5 Å². The zero-order valence-electron chi connectivity index (χ0n) is 16.0. The number of nitriles is 1. The average Bonchev–Trinajstić information content (AvgIpc) is 3.22. The number of fused-ring (bicyclic) bond motifs is 1. The van der Waals surface area contributed by atoms with Crippen molar-refractivity contribution < 1.29 is 4.74 Å². The number of para-hydroxylation sites is 1. The Morgan fingerprint density at radius 1 is 1.14 bits per heavy atom. The summed E-state index contributed by atoms with van der Waals surface area (Å²) in [5.41, 5.74) is 2.71. The van der Waals surface area contributed by atoms with E-state index in [-0.39, 0.29) is 0 Å². The standard InChI is InChI=1S/C22H20N6O/c1-2-18(12-23)29-19-10-6-7-16(11-19)13-24-21-20-14-27-28(22(20)26-15-25-21)17-8-4-3-5-9-17/h3-11,14-15,18H,2,13H2,1H3,(H,24,25,26). The van der Waals surface area contributed by atoms with Gasteiger partial charge in [-0.15, -0.1) is 0 Å². The first-order valence-electron chi connectivity index (χ1n) is 9.41. The van der Waals surface area contributed by atoms with Gasteiger partial charge in [-0.25, -0.2) is 14.6 Å². The topological polar surface area (TPSA) is 88.7 Å². The third-order valence-corrected chi connectivity index (χ3v) is 4.52. The predicted molar refractivity (Wildman–Crippen MR) is 111 cm³/mol.